The zero-order chi connectivity index (χ0) is 24.7. The summed E-state index contributed by atoms with van der Waals surface area (Å²) in [5.41, 5.74) is 5.68. The Labute approximate surface area is 197 Å². The molecule has 1 atom stereocenters. The number of fused-ring (bicyclic) bond motifs is 2. The van der Waals surface area contributed by atoms with Gasteiger partial charge in [0.15, 0.2) is 11.6 Å². The minimum atomic E-state index is -1.31. The van der Waals surface area contributed by atoms with Crippen LogP contribution in [0.3, 0.4) is 0 Å². The van der Waals surface area contributed by atoms with Gasteiger partial charge in [0.1, 0.15) is 16.9 Å². The van der Waals surface area contributed by atoms with Crippen molar-refractivity contribution in [1.29, 1.82) is 0 Å². The maximum atomic E-state index is 14.5. The van der Waals surface area contributed by atoms with Crippen LogP contribution >= 0.6 is 0 Å². The number of hydrogen-bond acceptors (Lipinski definition) is 7. The van der Waals surface area contributed by atoms with Crippen molar-refractivity contribution in [2.45, 2.75) is 31.3 Å². The topological polar surface area (TPSA) is 147 Å². The van der Waals surface area contributed by atoms with Crippen molar-refractivity contribution in [3.05, 3.63) is 74.7 Å². The molecule has 1 aliphatic heterocycles. The number of rotatable bonds is 3. The molecule has 11 heteroatoms. The first-order chi connectivity index (χ1) is 16.8. The summed E-state index contributed by atoms with van der Waals surface area (Å²) in [6.07, 6.45) is 5.51. The second kappa shape index (κ2) is 8.91. The number of aromatic amines is 1. The molecule has 0 radical (unpaired) electrons. The maximum Gasteiger partial charge on any atom is 0.341 e. The molecule has 1 unspecified atom stereocenters. The number of pyridine rings is 4. The summed E-state index contributed by atoms with van der Waals surface area (Å²) in [6, 6.07) is 8.17. The van der Waals surface area contributed by atoms with E-state index < -0.39 is 17.2 Å². The molecule has 0 amide bonds. The zero-order valence-electron chi connectivity index (χ0n) is 18.6. The molecule has 4 N–H and O–H groups in total. The lowest BCUT2D eigenvalue weighted by molar-refractivity contribution is 0.0695. The van der Waals surface area contributed by atoms with E-state index in [0.29, 0.717) is 24.4 Å². The highest BCUT2D eigenvalue weighted by molar-refractivity contribution is 5.92. The van der Waals surface area contributed by atoms with Crippen LogP contribution in [0.2, 0.25) is 0 Å². The molecular formula is C24H23FN6O4. The van der Waals surface area contributed by atoms with Crippen molar-refractivity contribution < 1.29 is 14.3 Å². The molecule has 4 aromatic rings. The molecule has 10 nitrogen and oxygen atoms in total. The molecule has 0 spiro atoms. The quantitative estimate of drug-likeness (QED) is 0.405. The van der Waals surface area contributed by atoms with E-state index in [1.165, 1.54) is 12.3 Å². The summed E-state index contributed by atoms with van der Waals surface area (Å²) in [6.45, 7) is 1.12. The van der Waals surface area contributed by atoms with E-state index in [2.05, 4.69) is 15.0 Å². The standard InChI is InChI=1S/C16H17FN4O3.C8H6N2O/c17-12-5-10-13(22)11(16(23)24)7-21(9-1-2-9)14(10)19-15(12)20-4-3-8(18)6-20;11-7-4-3-6-2-1-5-9-8(6)10-7/h5,7-9H,1-4,6,18H2,(H,23,24);1-5H,(H,9,10,11). The number of H-pyrrole nitrogens is 1. The predicted molar refractivity (Wildman–Crippen MR) is 128 cm³/mol. The van der Waals surface area contributed by atoms with Crippen molar-refractivity contribution in [2.75, 3.05) is 18.0 Å². The van der Waals surface area contributed by atoms with Crippen molar-refractivity contribution in [3.8, 4) is 0 Å². The highest BCUT2D eigenvalue weighted by Gasteiger charge is 2.29. The van der Waals surface area contributed by atoms with E-state index in [-0.39, 0.29) is 34.4 Å². The fourth-order valence-electron chi connectivity index (χ4n) is 4.20. The van der Waals surface area contributed by atoms with E-state index in [4.69, 9.17) is 5.73 Å². The van der Waals surface area contributed by atoms with E-state index in [1.807, 2.05) is 12.1 Å². The molecule has 2 aliphatic rings. The molecule has 2 fully saturated rings. The molecular weight excluding hydrogens is 455 g/mol. The van der Waals surface area contributed by atoms with E-state index in [0.717, 1.165) is 30.7 Å². The summed E-state index contributed by atoms with van der Waals surface area (Å²) in [5, 5.41) is 10.2. The van der Waals surface area contributed by atoms with Crippen LogP contribution in [0, 0.1) is 5.82 Å². The van der Waals surface area contributed by atoms with Crippen LogP contribution < -0.4 is 21.6 Å². The molecule has 6 rings (SSSR count). The van der Waals surface area contributed by atoms with E-state index in [9.17, 15) is 23.9 Å². The SMILES string of the molecule is NC1CCN(c2nc3c(cc2F)c(=O)c(C(=O)O)cn3C2CC2)C1.O=c1ccc2cccnc2[nH]1. The highest BCUT2D eigenvalue weighted by Crippen LogP contribution is 2.37. The molecule has 0 bridgehead atoms. The second-order valence-electron chi connectivity index (χ2n) is 8.74. The summed E-state index contributed by atoms with van der Waals surface area (Å²) >= 11 is 0. The van der Waals surface area contributed by atoms with Gasteiger partial charge in [0.25, 0.3) is 0 Å². The molecule has 0 aromatic carbocycles. The third-order valence-corrected chi connectivity index (χ3v) is 6.13. The number of carboxylic acid groups (broad SMARTS) is 1. The molecule has 5 heterocycles. The predicted octanol–water partition coefficient (Wildman–Crippen LogP) is 2.03. The first-order valence-corrected chi connectivity index (χ1v) is 11.2. The van der Waals surface area contributed by atoms with Gasteiger partial charge in [-0.15, -0.1) is 0 Å². The van der Waals surface area contributed by atoms with Crippen LogP contribution in [-0.4, -0.2) is 49.7 Å². The van der Waals surface area contributed by atoms with Crippen LogP contribution in [0.1, 0.15) is 35.7 Å². The Bertz CT molecular complexity index is 1560. The number of anilines is 1. The van der Waals surface area contributed by atoms with Gasteiger partial charge in [-0.1, -0.05) is 0 Å². The fourth-order valence-corrected chi connectivity index (χ4v) is 4.20. The Morgan fingerprint density at radius 1 is 1.20 bits per heavy atom. The smallest absolute Gasteiger partial charge is 0.341 e. The number of nitrogens with one attached hydrogen (secondary N) is 1. The lowest BCUT2D eigenvalue weighted by atomic mass is 10.2. The number of halogens is 1. The largest absolute Gasteiger partial charge is 0.477 e. The number of carbonyl (C=O) groups is 1. The Kier molecular flexibility index (Phi) is 5.77. The Morgan fingerprint density at radius 3 is 2.69 bits per heavy atom. The fraction of sp³-hybridized carbons (Fsp3) is 0.292. The van der Waals surface area contributed by atoms with Gasteiger partial charge in [0.2, 0.25) is 11.0 Å². The summed E-state index contributed by atoms with van der Waals surface area (Å²) in [4.78, 5) is 47.2. The van der Waals surface area contributed by atoms with Gasteiger partial charge in [-0.2, -0.15) is 0 Å². The van der Waals surface area contributed by atoms with Gasteiger partial charge in [-0.3, -0.25) is 9.59 Å². The average molecular weight is 478 g/mol. The molecule has 1 saturated heterocycles. The van der Waals surface area contributed by atoms with Gasteiger partial charge < -0.3 is 25.3 Å². The van der Waals surface area contributed by atoms with E-state index in [1.54, 1.807) is 21.7 Å². The molecule has 4 aromatic heterocycles. The molecule has 1 saturated carbocycles. The maximum absolute atomic E-state index is 14.5. The number of aromatic nitrogens is 4. The van der Waals surface area contributed by atoms with Crippen molar-refractivity contribution in [3.63, 3.8) is 0 Å². The number of aromatic carboxylic acids is 1. The molecule has 1 aliphatic carbocycles. The summed E-state index contributed by atoms with van der Waals surface area (Å²) < 4.78 is 16.2. The second-order valence-corrected chi connectivity index (χ2v) is 8.74. The van der Waals surface area contributed by atoms with Gasteiger partial charge in [0, 0.05) is 49.0 Å². The van der Waals surface area contributed by atoms with Gasteiger partial charge in [0.05, 0.1) is 5.39 Å². The first kappa shape index (κ1) is 22.7. The highest BCUT2D eigenvalue weighted by atomic mass is 19.1. The lowest BCUT2D eigenvalue weighted by Crippen LogP contribution is -2.28. The van der Waals surface area contributed by atoms with Gasteiger partial charge >= 0.3 is 5.97 Å². The monoisotopic (exact) mass is 478 g/mol. The Balaban J connectivity index is 0.000000192. The lowest BCUT2D eigenvalue weighted by Gasteiger charge is -2.19. The number of nitrogens with zero attached hydrogens (tertiary/aromatic N) is 4. The van der Waals surface area contributed by atoms with Crippen molar-refractivity contribution in [1.82, 2.24) is 19.5 Å². The Morgan fingerprint density at radius 2 is 2.00 bits per heavy atom. The van der Waals surface area contributed by atoms with Crippen molar-refractivity contribution in [2.24, 2.45) is 5.73 Å². The van der Waals surface area contributed by atoms with Crippen LogP contribution in [-0.2, 0) is 0 Å². The van der Waals surface area contributed by atoms with Crippen molar-refractivity contribution >= 4 is 33.9 Å². The van der Waals surface area contributed by atoms with Crippen LogP contribution in [0.4, 0.5) is 10.2 Å². The number of hydrogen-bond donors (Lipinski definition) is 3. The van der Waals surface area contributed by atoms with Gasteiger partial charge in [-0.25, -0.2) is 19.2 Å². The zero-order valence-corrected chi connectivity index (χ0v) is 18.6. The minimum absolute atomic E-state index is 0.00606. The third kappa shape index (κ3) is 4.50. The summed E-state index contributed by atoms with van der Waals surface area (Å²) in [5.74, 6) is -1.77. The Hall–Kier alpha value is -4.12. The van der Waals surface area contributed by atoms with Gasteiger partial charge in [-0.05, 0) is 43.5 Å². The van der Waals surface area contributed by atoms with Crippen LogP contribution in [0.25, 0.3) is 22.1 Å². The van der Waals surface area contributed by atoms with Crippen LogP contribution in [0.15, 0.2) is 52.3 Å². The number of carboxylic acids is 1. The third-order valence-electron chi connectivity index (χ3n) is 6.13. The van der Waals surface area contributed by atoms with Crippen LogP contribution in [0.5, 0.6) is 0 Å². The van der Waals surface area contributed by atoms with E-state index >= 15 is 0 Å². The molecule has 180 valence electrons. The first-order valence-electron chi connectivity index (χ1n) is 11.2. The summed E-state index contributed by atoms with van der Waals surface area (Å²) in [7, 11) is 0. The molecule has 35 heavy (non-hydrogen) atoms. The normalized spacial score (nSPS) is 17.4. The average Bonchev–Trinajstić information content (AvgIpc) is 3.59. The number of nitrogens with two attached hydrogens (primary N) is 1. The minimum Gasteiger partial charge on any atom is -0.477 e.